The first-order chi connectivity index (χ1) is 12.6. The molecule has 0 spiro atoms. The Kier molecular flexibility index (Phi) is 5.58. The molecule has 1 heterocycles. The molecule has 134 valence electrons. The highest BCUT2D eigenvalue weighted by molar-refractivity contribution is 6.31. The van der Waals surface area contributed by atoms with Gasteiger partial charge in [-0.05, 0) is 42.8 Å². The van der Waals surface area contributed by atoms with E-state index in [1.807, 2.05) is 47.9 Å². The number of benzene rings is 2. The number of halogens is 1. The molecule has 1 aromatic heterocycles. The van der Waals surface area contributed by atoms with Crippen molar-refractivity contribution in [1.29, 1.82) is 0 Å². The van der Waals surface area contributed by atoms with Crippen LogP contribution in [0.5, 0.6) is 5.75 Å². The number of nitrogens with one attached hydrogen (secondary N) is 1. The normalized spacial score (nSPS) is 10.7. The Morgan fingerprint density at radius 3 is 2.92 bits per heavy atom. The number of carbonyl (C=O) groups is 1. The van der Waals surface area contributed by atoms with Crippen LogP contribution in [-0.4, -0.2) is 22.0 Å². The lowest BCUT2D eigenvalue weighted by Gasteiger charge is -2.11. The van der Waals surface area contributed by atoms with Crippen LogP contribution in [0, 0.1) is 6.92 Å². The minimum atomic E-state index is -0.100. The van der Waals surface area contributed by atoms with E-state index in [2.05, 4.69) is 16.9 Å². The number of carbonyl (C=O) groups excluding carboxylic acids is 1. The van der Waals surface area contributed by atoms with Crippen LogP contribution in [0.1, 0.15) is 11.4 Å². The van der Waals surface area contributed by atoms with E-state index < -0.39 is 0 Å². The molecule has 1 N–H and O–H groups in total. The summed E-state index contributed by atoms with van der Waals surface area (Å²) in [5.74, 6) is 1.30. The largest absolute Gasteiger partial charge is 0.486 e. The van der Waals surface area contributed by atoms with Crippen molar-refractivity contribution in [3.63, 3.8) is 0 Å². The molecule has 0 atom stereocenters. The number of aromatic nitrogens is 2. The highest BCUT2D eigenvalue weighted by Gasteiger charge is 2.14. The van der Waals surface area contributed by atoms with Crippen molar-refractivity contribution in [2.75, 3.05) is 6.54 Å². The summed E-state index contributed by atoms with van der Waals surface area (Å²) in [4.78, 5) is 16.8. The third-order valence-electron chi connectivity index (χ3n) is 3.98. The van der Waals surface area contributed by atoms with Gasteiger partial charge in [-0.15, -0.1) is 6.58 Å². The maximum Gasteiger partial charge on any atom is 0.240 e. The van der Waals surface area contributed by atoms with E-state index in [-0.39, 0.29) is 19.1 Å². The van der Waals surface area contributed by atoms with Gasteiger partial charge < -0.3 is 14.6 Å². The van der Waals surface area contributed by atoms with Crippen molar-refractivity contribution in [3.05, 3.63) is 71.5 Å². The van der Waals surface area contributed by atoms with Crippen molar-refractivity contribution in [2.24, 2.45) is 0 Å². The molecule has 3 aromatic rings. The summed E-state index contributed by atoms with van der Waals surface area (Å²) >= 11 is 6.05. The summed E-state index contributed by atoms with van der Waals surface area (Å²) in [6.45, 7) is 6.39. The van der Waals surface area contributed by atoms with Gasteiger partial charge >= 0.3 is 0 Å². The minimum absolute atomic E-state index is 0.100. The number of para-hydroxylation sites is 2. The molecule has 0 aliphatic heterocycles. The molecular weight excluding hydrogens is 350 g/mol. The summed E-state index contributed by atoms with van der Waals surface area (Å²) in [5, 5.41) is 3.49. The SMILES string of the molecule is C=CCNC(=O)Cn1c(COc2ccc(Cl)c(C)c2)nc2ccccc21. The molecule has 0 aliphatic rings. The number of hydrogen-bond donors (Lipinski definition) is 1. The van der Waals surface area contributed by atoms with Gasteiger partial charge in [0.1, 0.15) is 24.7 Å². The molecule has 0 radical (unpaired) electrons. The maximum absolute atomic E-state index is 12.2. The van der Waals surface area contributed by atoms with Crippen LogP contribution in [0.25, 0.3) is 11.0 Å². The Bertz CT molecular complexity index is 949. The lowest BCUT2D eigenvalue weighted by Crippen LogP contribution is -2.28. The van der Waals surface area contributed by atoms with E-state index in [0.717, 1.165) is 16.6 Å². The van der Waals surface area contributed by atoms with Crippen LogP contribution in [0.4, 0.5) is 0 Å². The maximum atomic E-state index is 12.2. The lowest BCUT2D eigenvalue weighted by molar-refractivity contribution is -0.121. The molecule has 0 unspecified atom stereocenters. The quantitative estimate of drug-likeness (QED) is 0.643. The average molecular weight is 370 g/mol. The predicted molar refractivity (Wildman–Crippen MR) is 103 cm³/mol. The highest BCUT2D eigenvalue weighted by atomic mass is 35.5. The summed E-state index contributed by atoms with van der Waals surface area (Å²) in [5.41, 5.74) is 2.67. The fraction of sp³-hybridized carbons (Fsp3) is 0.200. The van der Waals surface area contributed by atoms with Gasteiger partial charge in [-0.1, -0.05) is 29.8 Å². The van der Waals surface area contributed by atoms with Gasteiger partial charge in [0.2, 0.25) is 5.91 Å². The molecule has 2 aromatic carbocycles. The standard InChI is InChI=1S/C20H20ClN3O2/c1-3-10-22-20(25)12-24-18-7-5-4-6-17(18)23-19(24)13-26-15-8-9-16(21)14(2)11-15/h3-9,11H,1,10,12-13H2,2H3,(H,22,25). The molecule has 0 bridgehead atoms. The van der Waals surface area contributed by atoms with Crippen molar-refractivity contribution < 1.29 is 9.53 Å². The fourth-order valence-electron chi connectivity index (χ4n) is 2.65. The molecule has 6 heteroatoms. The van der Waals surface area contributed by atoms with Crippen molar-refractivity contribution in [3.8, 4) is 5.75 Å². The first-order valence-corrected chi connectivity index (χ1v) is 8.67. The minimum Gasteiger partial charge on any atom is -0.486 e. The fourth-order valence-corrected chi connectivity index (χ4v) is 2.77. The summed E-state index contributed by atoms with van der Waals surface area (Å²) in [7, 11) is 0. The summed E-state index contributed by atoms with van der Waals surface area (Å²) < 4.78 is 7.74. The molecule has 1 amide bonds. The Labute approximate surface area is 157 Å². The molecule has 0 fully saturated rings. The second-order valence-corrected chi connectivity index (χ2v) is 6.30. The van der Waals surface area contributed by atoms with Crippen LogP contribution >= 0.6 is 11.6 Å². The van der Waals surface area contributed by atoms with Crippen LogP contribution in [0.3, 0.4) is 0 Å². The number of hydrogen-bond acceptors (Lipinski definition) is 3. The Morgan fingerprint density at radius 1 is 1.35 bits per heavy atom. The number of fused-ring (bicyclic) bond motifs is 1. The lowest BCUT2D eigenvalue weighted by atomic mass is 10.2. The van der Waals surface area contributed by atoms with Gasteiger partial charge in [0.15, 0.2) is 0 Å². The smallest absolute Gasteiger partial charge is 0.240 e. The third kappa shape index (κ3) is 4.06. The predicted octanol–water partition coefficient (Wildman–Crippen LogP) is 3.88. The van der Waals surface area contributed by atoms with Crippen molar-refractivity contribution in [1.82, 2.24) is 14.9 Å². The van der Waals surface area contributed by atoms with E-state index in [9.17, 15) is 4.79 Å². The van der Waals surface area contributed by atoms with Crippen molar-refractivity contribution >= 4 is 28.5 Å². The number of rotatable bonds is 7. The van der Waals surface area contributed by atoms with E-state index >= 15 is 0 Å². The Morgan fingerprint density at radius 2 is 2.15 bits per heavy atom. The number of imidazole rings is 1. The topological polar surface area (TPSA) is 56.2 Å². The number of ether oxygens (including phenoxy) is 1. The molecule has 0 aliphatic carbocycles. The highest BCUT2D eigenvalue weighted by Crippen LogP contribution is 2.23. The monoisotopic (exact) mass is 369 g/mol. The first-order valence-electron chi connectivity index (χ1n) is 8.29. The van der Waals surface area contributed by atoms with Gasteiger partial charge in [0, 0.05) is 11.6 Å². The average Bonchev–Trinajstić information content (AvgIpc) is 2.98. The molecule has 3 rings (SSSR count). The van der Waals surface area contributed by atoms with Gasteiger partial charge in [-0.25, -0.2) is 4.98 Å². The third-order valence-corrected chi connectivity index (χ3v) is 4.40. The first kappa shape index (κ1) is 18.0. The van der Waals surface area contributed by atoms with Gasteiger partial charge in [-0.3, -0.25) is 4.79 Å². The van der Waals surface area contributed by atoms with E-state index in [4.69, 9.17) is 16.3 Å². The van der Waals surface area contributed by atoms with E-state index in [0.29, 0.717) is 23.1 Å². The molecule has 5 nitrogen and oxygen atoms in total. The summed E-state index contributed by atoms with van der Waals surface area (Å²) in [6.07, 6.45) is 1.65. The Balaban J connectivity index is 1.84. The zero-order chi connectivity index (χ0) is 18.5. The van der Waals surface area contributed by atoms with Gasteiger partial charge in [-0.2, -0.15) is 0 Å². The van der Waals surface area contributed by atoms with Crippen LogP contribution in [0.15, 0.2) is 55.1 Å². The van der Waals surface area contributed by atoms with Crippen LogP contribution < -0.4 is 10.1 Å². The van der Waals surface area contributed by atoms with E-state index in [1.165, 1.54) is 0 Å². The Hall–Kier alpha value is -2.79. The van der Waals surface area contributed by atoms with E-state index in [1.54, 1.807) is 12.1 Å². The van der Waals surface area contributed by atoms with Crippen LogP contribution in [0.2, 0.25) is 5.02 Å². The molecule has 26 heavy (non-hydrogen) atoms. The van der Waals surface area contributed by atoms with Crippen LogP contribution in [-0.2, 0) is 17.9 Å². The zero-order valence-electron chi connectivity index (χ0n) is 14.5. The zero-order valence-corrected chi connectivity index (χ0v) is 15.3. The second kappa shape index (κ2) is 8.06. The van der Waals surface area contributed by atoms with Gasteiger partial charge in [0.05, 0.1) is 11.0 Å². The summed E-state index contributed by atoms with van der Waals surface area (Å²) in [6, 6.07) is 13.2. The molecule has 0 saturated heterocycles. The number of aryl methyl sites for hydroxylation is 1. The van der Waals surface area contributed by atoms with Crippen molar-refractivity contribution in [2.45, 2.75) is 20.1 Å². The number of amides is 1. The number of nitrogens with zero attached hydrogens (tertiary/aromatic N) is 2. The molecule has 0 saturated carbocycles. The molecular formula is C20H20ClN3O2. The van der Waals surface area contributed by atoms with Gasteiger partial charge in [0.25, 0.3) is 0 Å². The second-order valence-electron chi connectivity index (χ2n) is 5.90.